The molecule has 0 bridgehead atoms. The van der Waals surface area contributed by atoms with E-state index in [1.165, 1.54) is 4.90 Å². The van der Waals surface area contributed by atoms with Crippen molar-refractivity contribution in [2.45, 2.75) is 26.7 Å². The van der Waals surface area contributed by atoms with Gasteiger partial charge in [0, 0.05) is 12.5 Å². The molecule has 19 heavy (non-hydrogen) atoms. The molecule has 1 aromatic carbocycles. The number of hydrogen-bond donors (Lipinski definition) is 1. The summed E-state index contributed by atoms with van der Waals surface area (Å²) in [6, 6.07) is 9.56. The van der Waals surface area contributed by atoms with Crippen LogP contribution in [0.2, 0.25) is 0 Å². The first kappa shape index (κ1) is 12.5. The predicted molar refractivity (Wildman–Crippen MR) is 70.1 cm³/mol. The Bertz CT molecular complexity index is 485. The lowest BCUT2D eigenvalue weighted by Crippen LogP contribution is -2.40. The number of likely N-dealkylation sites (tertiary alicyclic amines) is 1. The minimum absolute atomic E-state index is 0.162. The maximum atomic E-state index is 11.9. The van der Waals surface area contributed by atoms with Gasteiger partial charge in [-0.1, -0.05) is 44.2 Å². The molecule has 1 amide bonds. The van der Waals surface area contributed by atoms with Crippen molar-refractivity contribution in [3.8, 4) is 0 Å². The summed E-state index contributed by atoms with van der Waals surface area (Å²) in [7, 11) is 0. The number of hydrogen-bond acceptors (Lipinski definition) is 3. The summed E-state index contributed by atoms with van der Waals surface area (Å²) in [4.78, 5) is 13.4. The first-order valence-electron chi connectivity index (χ1n) is 6.67. The van der Waals surface area contributed by atoms with Crippen molar-refractivity contribution < 1.29 is 14.6 Å². The second kappa shape index (κ2) is 4.23. The lowest BCUT2D eigenvalue weighted by molar-refractivity contribution is -0.00637. The molecule has 1 N–H and O–H groups in total. The third-order valence-corrected chi connectivity index (χ3v) is 4.61. The summed E-state index contributed by atoms with van der Waals surface area (Å²) in [5, 5.41) is 10.1. The van der Waals surface area contributed by atoms with Crippen LogP contribution in [0, 0.1) is 17.3 Å². The Kier molecular flexibility index (Phi) is 2.78. The first-order valence-corrected chi connectivity index (χ1v) is 6.67. The summed E-state index contributed by atoms with van der Waals surface area (Å²) in [6.45, 7) is 5.13. The van der Waals surface area contributed by atoms with Crippen molar-refractivity contribution in [3.05, 3.63) is 35.9 Å². The Morgan fingerprint density at radius 2 is 2.11 bits per heavy atom. The molecule has 4 heteroatoms. The molecule has 3 atom stereocenters. The highest BCUT2D eigenvalue weighted by Crippen LogP contribution is 2.64. The van der Waals surface area contributed by atoms with Crippen molar-refractivity contribution in [2.24, 2.45) is 17.3 Å². The van der Waals surface area contributed by atoms with Gasteiger partial charge in [-0.15, -0.1) is 0 Å². The molecule has 2 unspecified atom stereocenters. The van der Waals surface area contributed by atoms with Gasteiger partial charge in [0.25, 0.3) is 0 Å². The van der Waals surface area contributed by atoms with Gasteiger partial charge in [-0.05, 0) is 16.9 Å². The fourth-order valence-corrected chi connectivity index (χ4v) is 3.23. The number of benzene rings is 1. The summed E-state index contributed by atoms with van der Waals surface area (Å²) in [5.41, 5.74) is 1.12. The minimum atomic E-state index is -0.691. The third-order valence-electron chi connectivity index (χ3n) is 4.61. The van der Waals surface area contributed by atoms with E-state index in [0.717, 1.165) is 5.56 Å². The molecule has 2 aliphatic rings. The molecule has 2 fully saturated rings. The number of aliphatic hydroxyl groups excluding tert-OH is 1. The van der Waals surface area contributed by atoms with Crippen LogP contribution in [0.25, 0.3) is 0 Å². The first-order chi connectivity index (χ1) is 9.01. The van der Waals surface area contributed by atoms with Gasteiger partial charge in [0.1, 0.15) is 12.8 Å². The van der Waals surface area contributed by atoms with Gasteiger partial charge in [0.05, 0.1) is 0 Å². The molecule has 102 valence electrons. The van der Waals surface area contributed by atoms with E-state index in [0.29, 0.717) is 12.5 Å². The Morgan fingerprint density at radius 3 is 2.68 bits per heavy atom. The zero-order valence-corrected chi connectivity index (χ0v) is 11.2. The van der Waals surface area contributed by atoms with Crippen molar-refractivity contribution in [3.63, 3.8) is 0 Å². The Morgan fingerprint density at radius 1 is 1.42 bits per heavy atom. The van der Waals surface area contributed by atoms with Gasteiger partial charge in [-0.3, -0.25) is 4.90 Å². The molecular weight excluding hydrogens is 242 g/mol. The van der Waals surface area contributed by atoms with Crippen LogP contribution in [0.4, 0.5) is 4.79 Å². The number of ether oxygens (including phenoxy) is 1. The highest BCUT2D eigenvalue weighted by Gasteiger charge is 2.67. The highest BCUT2D eigenvalue weighted by molar-refractivity contribution is 5.69. The molecule has 4 nitrogen and oxygen atoms in total. The van der Waals surface area contributed by atoms with E-state index in [1.54, 1.807) is 0 Å². The number of nitrogens with zero attached hydrogens (tertiary/aromatic N) is 1. The molecule has 0 spiro atoms. The number of aliphatic hydroxyl groups is 1. The van der Waals surface area contributed by atoms with Crippen LogP contribution < -0.4 is 0 Å². The SMILES string of the molecule is CC1(C)C2C(O)N(C(=O)OCc3ccccc3)C[C@@H]21. The minimum Gasteiger partial charge on any atom is -0.444 e. The normalized spacial score (nSPS) is 30.9. The van der Waals surface area contributed by atoms with Gasteiger partial charge in [-0.25, -0.2) is 4.79 Å². The Labute approximate surface area is 113 Å². The summed E-state index contributed by atoms with van der Waals surface area (Å²) in [6.07, 6.45) is -1.11. The van der Waals surface area contributed by atoms with Crippen LogP contribution in [-0.4, -0.2) is 28.9 Å². The van der Waals surface area contributed by atoms with E-state index in [9.17, 15) is 9.90 Å². The number of amides is 1. The van der Waals surface area contributed by atoms with E-state index in [2.05, 4.69) is 13.8 Å². The monoisotopic (exact) mass is 261 g/mol. The predicted octanol–water partition coefficient (Wildman–Crippen LogP) is 2.23. The number of rotatable bonds is 2. The molecule has 1 aromatic rings. The molecule has 1 heterocycles. The summed E-state index contributed by atoms with van der Waals surface area (Å²) in [5.74, 6) is 0.614. The van der Waals surface area contributed by atoms with Crippen LogP contribution in [-0.2, 0) is 11.3 Å². The van der Waals surface area contributed by atoms with E-state index >= 15 is 0 Å². The van der Waals surface area contributed by atoms with Crippen LogP contribution in [0.3, 0.4) is 0 Å². The molecule has 3 rings (SSSR count). The quantitative estimate of drug-likeness (QED) is 0.888. The average molecular weight is 261 g/mol. The van der Waals surface area contributed by atoms with Crippen LogP contribution >= 0.6 is 0 Å². The second-order valence-corrected chi connectivity index (χ2v) is 6.06. The van der Waals surface area contributed by atoms with E-state index < -0.39 is 12.3 Å². The van der Waals surface area contributed by atoms with E-state index in [1.807, 2.05) is 30.3 Å². The van der Waals surface area contributed by atoms with Crippen LogP contribution in [0.5, 0.6) is 0 Å². The molecule has 1 aliphatic heterocycles. The van der Waals surface area contributed by atoms with Gasteiger partial charge < -0.3 is 9.84 Å². The molecule has 1 saturated heterocycles. The smallest absolute Gasteiger partial charge is 0.412 e. The Balaban J connectivity index is 1.55. The summed E-state index contributed by atoms with van der Waals surface area (Å²) < 4.78 is 5.25. The standard InChI is InChI=1S/C15H19NO3/c1-15(2)11-8-16(13(17)12(11)15)14(18)19-9-10-6-4-3-5-7-10/h3-7,11-13,17H,8-9H2,1-2H3/t11-,12?,13?/m0/s1. The van der Waals surface area contributed by atoms with E-state index in [-0.39, 0.29) is 17.9 Å². The van der Waals surface area contributed by atoms with Crippen molar-refractivity contribution in [2.75, 3.05) is 6.54 Å². The molecule has 1 aliphatic carbocycles. The zero-order chi connectivity index (χ0) is 13.6. The molecule has 0 aromatic heterocycles. The number of carbonyl (C=O) groups excluding carboxylic acids is 1. The largest absolute Gasteiger partial charge is 0.444 e. The average Bonchev–Trinajstić information content (AvgIpc) is 2.75. The summed E-state index contributed by atoms with van der Waals surface area (Å²) >= 11 is 0. The number of carbonyl (C=O) groups is 1. The van der Waals surface area contributed by atoms with E-state index in [4.69, 9.17) is 4.74 Å². The second-order valence-electron chi connectivity index (χ2n) is 6.06. The number of piperidine rings is 1. The lowest BCUT2D eigenvalue weighted by atomic mass is 10.1. The zero-order valence-electron chi connectivity index (χ0n) is 11.2. The van der Waals surface area contributed by atoms with Crippen molar-refractivity contribution in [1.82, 2.24) is 4.90 Å². The maximum absolute atomic E-state index is 11.9. The van der Waals surface area contributed by atoms with Gasteiger partial charge in [-0.2, -0.15) is 0 Å². The fraction of sp³-hybridized carbons (Fsp3) is 0.533. The van der Waals surface area contributed by atoms with Gasteiger partial charge >= 0.3 is 6.09 Å². The maximum Gasteiger partial charge on any atom is 0.412 e. The van der Waals surface area contributed by atoms with Crippen LogP contribution in [0.15, 0.2) is 30.3 Å². The van der Waals surface area contributed by atoms with Crippen molar-refractivity contribution >= 4 is 6.09 Å². The highest BCUT2D eigenvalue weighted by atomic mass is 16.6. The lowest BCUT2D eigenvalue weighted by Gasteiger charge is -2.26. The van der Waals surface area contributed by atoms with Gasteiger partial charge in [0.15, 0.2) is 0 Å². The van der Waals surface area contributed by atoms with Crippen LogP contribution in [0.1, 0.15) is 19.4 Å². The fourth-order valence-electron chi connectivity index (χ4n) is 3.23. The topological polar surface area (TPSA) is 49.8 Å². The Hall–Kier alpha value is -1.55. The third kappa shape index (κ3) is 2.00. The van der Waals surface area contributed by atoms with Gasteiger partial charge in [0.2, 0.25) is 0 Å². The molecule has 1 saturated carbocycles. The molecule has 0 radical (unpaired) electrons. The number of fused-ring (bicyclic) bond motifs is 1. The van der Waals surface area contributed by atoms with Crippen molar-refractivity contribution in [1.29, 1.82) is 0 Å². The molecular formula is C15H19NO3.